The van der Waals surface area contributed by atoms with E-state index in [0.29, 0.717) is 5.00 Å². The molecule has 0 radical (unpaired) electrons. The normalized spacial score (nSPS) is 9.65. The SMILES string of the molecule is COC(=O)c1ccsc1NC(=O)C(Cl)=C(Cl)Cl. The Kier molecular flexibility index (Phi) is 5.27. The first-order valence-electron chi connectivity index (χ1n) is 4.15. The molecule has 17 heavy (non-hydrogen) atoms. The lowest BCUT2D eigenvalue weighted by molar-refractivity contribution is -0.112. The largest absolute Gasteiger partial charge is 0.465 e. The Hall–Kier alpha value is -0.750. The van der Waals surface area contributed by atoms with Crippen molar-refractivity contribution in [2.75, 3.05) is 12.4 Å². The fraction of sp³-hybridized carbons (Fsp3) is 0.111. The summed E-state index contributed by atoms with van der Waals surface area (Å²) in [7, 11) is 1.24. The van der Waals surface area contributed by atoms with Crippen molar-refractivity contribution in [2.45, 2.75) is 0 Å². The van der Waals surface area contributed by atoms with Gasteiger partial charge in [-0.3, -0.25) is 4.79 Å². The smallest absolute Gasteiger partial charge is 0.340 e. The summed E-state index contributed by atoms with van der Waals surface area (Å²) in [6.07, 6.45) is 0. The van der Waals surface area contributed by atoms with Crippen LogP contribution in [0.3, 0.4) is 0 Å². The summed E-state index contributed by atoms with van der Waals surface area (Å²) in [5.41, 5.74) is 0.237. The average Bonchev–Trinajstić information content (AvgIpc) is 2.74. The molecule has 0 bridgehead atoms. The molecule has 92 valence electrons. The number of hydrogen-bond acceptors (Lipinski definition) is 4. The first-order valence-corrected chi connectivity index (χ1v) is 6.16. The summed E-state index contributed by atoms with van der Waals surface area (Å²) in [5.74, 6) is -1.25. The van der Waals surface area contributed by atoms with Crippen LogP contribution in [0, 0.1) is 0 Å². The first kappa shape index (κ1) is 14.3. The van der Waals surface area contributed by atoms with E-state index in [1.165, 1.54) is 13.2 Å². The van der Waals surface area contributed by atoms with Gasteiger partial charge in [0.2, 0.25) is 0 Å². The topological polar surface area (TPSA) is 55.4 Å². The van der Waals surface area contributed by atoms with Gasteiger partial charge in [-0.2, -0.15) is 0 Å². The molecular weight excluding hydrogens is 309 g/mol. The highest BCUT2D eigenvalue weighted by atomic mass is 35.5. The monoisotopic (exact) mass is 313 g/mol. The molecule has 1 heterocycles. The summed E-state index contributed by atoms with van der Waals surface area (Å²) < 4.78 is 4.20. The van der Waals surface area contributed by atoms with Crippen LogP contribution in [0.2, 0.25) is 0 Å². The van der Waals surface area contributed by atoms with Crippen LogP contribution in [0.1, 0.15) is 10.4 Å². The minimum atomic E-state index is -0.695. The van der Waals surface area contributed by atoms with Gasteiger partial charge in [-0.05, 0) is 11.4 Å². The second-order valence-corrected chi connectivity index (χ2v) is 4.93. The highest BCUT2D eigenvalue weighted by Crippen LogP contribution is 2.26. The number of esters is 1. The van der Waals surface area contributed by atoms with Crippen molar-refractivity contribution < 1.29 is 14.3 Å². The van der Waals surface area contributed by atoms with E-state index in [4.69, 9.17) is 34.8 Å². The van der Waals surface area contributed by atoms with Gasteiger partial charge >= 0.3 is 5.97 Å². The first-order chi connectivity index (χ1) is 7.97. The number of thiophene rings is 1. The van der Waals surface area contributed by atoms with Crippen LogP contribution in [0.5, 0.6) is 0 Å². The van der Waals surface area contributed by atoms with Gasteiger partial charge in [0.25, 0.3) is 5.91 Å². The molecule has 0 aliphatic carbocycles. The molecular formula is C9H6Cl3NO3S. The maximum atomic E-state index is 11.5. The molecule has 1 aromatic heterocycles. The fourth-order valence-corrected chi connectivity index (χ4v) is 1.91. The van der Waals surface area contributed by atoms with E-state index in [-0.39, 0.29) is 15.1 Å². The molecule has 0 saturated heterocycles. The Labute approximate surface area is 116 Å². The molecule has 0 spiro atoms. The Morgan fingerprint density at radius 2 is 2.00 bits per heavy atom. The van der Waals surface area contributed by atoms with Crippen molar-refractivity contribution in [3.8, 4) is 0 Å². The molecule has 0 aliphatic rings. The molecule has 0 saturated carbocycles. The van der Waals surface area contributed by atoms with Gasteiger partial charge in [0.1, 0.15) is 14.5 Å². The number of amides is 1. The number of carbonyl (C=O) groups excluding carboxylic acids is 2. The number of hydrogen-bond donors (Lipinski definition) is 1. The van der Waals surface area contributed by atoms with Gasteiger partial charge in [-0.1, -0.05) is 34.8 Å². The average molecular weight is 315 g/mol. The molecule has 1 amide bonds. The zero-order chi connectivity index (χ0) is 13.0. The van der Waals surface area contributed by atoms with Crippen molar-refractivity contribution in [1.29, 1.82) is 0 Å². The second kappa shape index (κ2) is 6.26. The summed E-state index contributed by atoms with van der Waals surface area (Å²) in [6.45, 7) is 0. The van der Waals surface area contributed by atoms with Gasteiger partial charge in [0.05, 0.1) is 12.7 Å². The summed E-state index contributed by atoms with van der Waals surface area (Å²) in [4.78, 5) is 22.8. The Morgan fingerprint density at radius 1 is 1.35 bits per heavy atom. The minimum Gasteiger partial charge on any atom is -0.465 e. The molecule has 0 aliphatic heterocycles. The van der Waals surface area contributed by atoms with Crippen LogP contribution in [-0.2, 0) is 9.53 Å². The number of ether oxygens (including phenoxy) is 1. The molecule has 8 heteroatoms. The fourth-order valence-electron chi connectivity index (χ4n) is 0.921. The number of nitrogens with one attached hydrogen (secondary N) is 1. The summed E-state index contributed by atoms with van der Waals surface area (Å²) >= 11 is 17.4. The van der Waals surface area contributed by atoms with Crippen LogP contribution >= 0.6 is 46.1 Å². The van der Waals surface area contributed by atoms with E-state index in [0.717, 1.165) is 11.3 Å². The molecule has 4 nitrogen and oxygen atoms in total. The lowest BCUT2D eigenvalue weighted by Crippen LogP contribution is -2.13. The third kappa shape index (κ3) is 3.61. The van der Waals surface area contributed by atoms with E-state index in [9.17, 15) is 9.59 Å². The summed E-state index contributed by atoms with van der Waals surface area (Å²) in [6, 6.07) is 1.52. The molecule has 0 unspecified atom stereocenters. The van der Waals surface area contributed by atoms with Gasteiger partial charge in [-0.15, -0.1) is 11.3 Å². The van der Waals surface area contributed by atoms with Crippen molar-refractivity contribution in [3.05, 3.63) is 26.5 Å². The third-order valence-corrected chi connectivity index (χ3v) is 3.42. The number of halogens is 3. The zero-order valence-corrected chi connectivity index (χ0v) is 11.5. The molecule has 1 aromatic rings. The Balaban J connectivity index is 2.90. The number of anilines is 1. The Morgan fingerprint density at radius 3 is 2.53 bits per heavy atom. The van der Waals surface area contributed by atoms with Crippen LogP contribution < -0.4 is 5.32 Å². The van der Waals surface area contributed by atoms with Crippen molar-refractivity contribution in [2.24, 2.45) is 0 Å². The standard InChI is InChI=1S/C9H6Cl3NO3S/c1-16-9(15)4-2-3-17-8(4)13-7(14)5(10)6(11)12/h2-3H,1H3,(H,13,14). The van der Waals surface area contributed by atoms with Gasteiger partial charge in [-0.25, -0.2) is 4.79 Å². The predicted molar refractivity (Wildman–Crippen MR) is 68.9 cm³/mol. The summed E-state index contributed by atoms with van der Waals surface area (Å²) in [5, 5.41) is 4.00. The molecule has 1 rings (SSSR count). The van der Waals surface area contributed by atoms with Crippen molar-refractivity contribution in [3.63, 3.8) is 0 Å². The zero-order valence-electron chi connectivity index (χ0n) is 8.42. The van der Waals surface area contributed by atoms with Crippen LogP contribution in [0.15, 0.2) is 21.0 Å². The molecule has 0 atom stereocenters. The van der Waals surface area contributed by atoms with E-state index >= 15 is 0 Å². The maximum absolute atomic E-state index is 11.5. The quantitative estimate of drug-likeness (QED) is 0.687. The van der Waals surface area contributed by atoms with Crippen LogP contribution in [-0.4, -0.2) is 19.0 Å². The van der Waals surface area contributed by atoms with E-state index in [1.807, 2.05) is 0 Å². The van der Waals surface area contributed by atoms with E-state index in [2.05, 4.69) is 10.1 Å². The minimum absolute atomic E-state index is 0.237. The van der Waals surface area contributed by atoms with Gasteiger partial charge < -0.3 is 10.1 Å². The number of rotatable bonds is 3. The van der Waals surface area contributed by atoms with E-state index in [1.54, 1.807) is 5.38 Å². The van der Waals surface area contributed by atoms with Crippen LogP contribution in [0.4, 0.5) is 5.00 Å². The maximum Gasteiger partial charge on any atom is 0.340 e. The van der Waals surface area contributed by atoms with Gasteiger partial charge in [0, 0.05) is 0 Å². The Bertz CT molecular complexity index is 480. The van der Waals surface area contributed by atoms with Crippen LogP contribution in [0.25, 0.3) is 0 Å². The van der Waals surface area contributed by atoms with Crippen molar-refractivity contribution in [1.82, 2.24) is 0 Å². The highest BCUT2D eigenvalue weighted by molar-refractivity contribution is 7.14. The number of methoxy groups -OCH3 is 1. The highest BCUT2D eigenvalue weighted by Gasteiger charge is 2.17. The molecule has 1 N–H and O–H groups in total. The predicted octanol–water partition coefficient (Wildman–Crippen LogP) is 3.36. The van der Waals surface area contributed by atoms with Crippen molar-refractivity contribution >= 4 is 63.0 Å². The van der Waals surface area contributed by atoms with E-state index < -0.39 is 11.9 Å². The van der Waals surface area contributed by atoms with Gasteiger partial charge in [0.15, 0.2) is 0 Å². The molecule has 0 fully saturated rings. The molecule has 0 aromatic carbocycles. The lowest BCUT2D eigenvalue weighted by atomic mass is 10.3. The number of carbonyl (C=O) groups is 2. The second-order valence-electron chi connectivity index (χ2n) is 2.68. The third-order valence-electron chi connectivity index (χ3n) is 1.66. The lowest BCUT2D eigenvalue weighted by Gasteiger charge is -2.04.